The van der Waals surface area contributed by atoms with Crippen molar-refractivity contribution in [2.75, 3.05) is 13.2 Å². The molecule has 0 bridgehead atoms. The molecule has 0 aromatic heterocycles. The minimum absolute atomic E-state index is 0.270. The fraction of sp³-hybridized carbons (Fsp3) is 1.00. The average molecular weight is 299 g/mol. The van der Waals surface area contributed by atoms with Gasteiger partial charge in [-0.1, -0.05) is 23.2 Å². The number of hydrogen-bond donors (Lipinski definition) is 0. The highest BCUT2D eigenvalue weighted by Gasteiger charge is 2.48. The predicted octanol–water partition coefficient (Wildman–Crippen LogP) is 1.26. The topological polar surface area (TPSA) is 98.7 Å². The van der Waals surface area contributed by atoms with E-state index in [0.717, 1.165) is 0 Å². The molecule has 0 radical (unpaired) electrons. The normalized spacial score (nSPS) is 20.7. The zero-order valence-electron chi connectivity index (χ0n) is 8.01. The van der Waals surface area contributed by atoms with E-state index in [4.69, 9.17) is 23.2 Å². The minimum atomic E-state index is -4.97. The molecule has 92 valence electrons. The lowest BCUT2D eigenvalue weighted by atomic mass is 10.9. The summed E-state index contributed by atoms with van der Waals surface area (Å²) in [5, 5.41) is 0. The Morgan fingerprint density at radius 3 is 1.53 bits per heavy atom. The van der Waals surface area contributed by atoms with Crippen molar-refractivity contribution >= 4 is 38.4 Å². The van der Waals surface area contributed by atoms with E-state index < -0.39 is 19.0 Å². The van der Waals surface area contributed by atoms with Gasteiger partial charge in [0.05, 0.1) is 13.2 Å². The van der Waals surface area contributed by atoms with Gasteiger partial charge in [0, 0.05) is 0 Å². The largest absolute Gasteiger partial charge is 0.776 e. The van der Waals surface area contributed by atoms with Gasteiger partial charge in [0.25, 0.3) is 0 Å². The Morgan fingerprint density at radius 1 is 1.07 bits per heavy atom. The third-order valence-electron chi connectivity index (χ3n) is 1.26. The van der Waals surface area contributed by atoms with E-state index >= 15 is 0 Å². The van der Waals surface area contributed by atoms with Crippen molar-refractivity contribution in [1.82, 2.24) is 0 Å². The average Bonchev–Trinajstić information content (AvgIpc) is 2.03. The maximum absolute atomic E-state index is 11.3. The van der Waals surface area contributed by atoms with Crippen molar-refractivity contribution in [3.05, 3.63) is 0 Å². The molecule has 0 rings (SSSR count). The van der Waals surface area contributed by atoms with Gasteiger partial charge >= 0.3 is 0 Å². The highest BCUT2D eigenvalue weighted by molar-refractivity contribution is 7.78. The highest BCUT2D eigenvalue weighted by atomic mass is 35.5. The van der Waals surface area contributed by atoms with E-state index in [2.05, 4.69) is 9.05 Å². The van der Waals surface area contributed by atoms with Gasteiger partial charge in [-0.15, -0.1) is 0 Å². The molecule has 0 aliphatic carbocycles. The van der Waals surface area contributed by atoms with E-state index in [0.29, 0.717) is 0 Å². The SMILES string of the molecule is CCOP(=O)([O-])C(Cl)(Cl)P(=O)([O-])OCC. The van der Waals surface area contributed by atoms with Crippen LogP contribution in [0, 0.1) is 0 Å². The van der Waals surface area contributed by atoms with Crippen molar-refractivity contribution in [3.63, 3.8) is 0 Å². The van der Waals surface area contributed by atoms with Gasteiger partial charge in [-0.2, -0.15) is 0 Å². The van der Waals surface area contributed by atoms with Gasteiger partial charge in [-0.05, 0) is 13.8 Å². The van der Waals surface area contributed by atoms with E-state index in [1.165, 1.54) is 13.8 Å². The van der Waals surface area contributed by atoms with Crippen LogP contribution in [0.2, 0.25) is 0 Å². The zero-order valence-corrected chi connectivity index (χ0v) is 11.3. The standard InChI is InChI=1S/C5H12Cl2O6P2/c1-3-12-14(8,9)5(6,7)15(10,11)13-4-2/h3-4H2,1-2H3,(H,8,9)(H,10,11)/p-2. The van der Waals surface area contributed by atoms with E-state index in [-0.39, 0.29) is 13.2 Å². The monoisotopic (exact) mass is 298 g/mol. The Hall–Kier alpha value is 0.880. The molecular weight excluding hydrogens is 289 g/mol. The summed E-state index contributed by atoms with van der Waals surface area (Å²) in [5.74, 6) is 0. The molecule has 15 heavy (non-hydrogen) atoms. The third-order valence-corrected chi connectivity index (χ3v) is 7.73. The van der Waals surface area contributed by atoms with Crippen molar-refractivity contribution < 1.29 is 28.0 Å². The Labute approximate surface area is 97.5 Å². The molecule has 2 atom stereocenters. The highest BCUT2D eigenvalue weighted by Crippen LogP contribution is 2.74. The summed E-state index contributed by atoms with van der Waals surface area (Å²) in [6, 6.07) is 0. The lowest BCUT2D eigenvalue weighted by Crippen LogP contribution is -2.29. The molecule has 0 N–H and O–H groups in total. The quantitative estimate of drug-likeness (QED) is 0.540. The van der Waals surface area contributed by atoms with Gasteiger partial charge in [0.1, 0.15) is 0 Å². The molecule has 2 unspecified atom stereocenters. The fourth-order valence-electron chi connectivity index (χ4n) is 0.645. The molecule has 10 heteroatoms. The minimum Gasteiger partial charge on any atom is -0.776 e. The predicted molar refractivity (Wildman–Crippen MR) is 52.9 cm³/mol. The fourth-order valence-corrected chi connectivity index (χ4v) is 3.77. The maximum Gasteiger partial charge on any atom is 0.243 e. The smallest absolute Gasteiger partial charge is 0.243 e. The van der Waals surface area contributed by atoms with E-state index in [1.54, 1.807) is 0 Å². The Kier molecular flexibility index (Phi) is 5.80. The van der Waals surface area contributed by atoms with Crippen LogP contribution in [-0.2, 0) is 18.2 Å². The first-order chi connectivity index (χ1) is 6.62. The number of alkyl halides is 2. The van der Waals surface area contributed by atoms with Crippen molar-refractivity contribution in [2.45, 2.75) is 17.7 Å². The first-order valence-corrected chi connectivity index (χ1v) is 7.75. The molecule has 6 nitrogen and oxygen atoms in total. The van der Waals surface area contributed by atoms with Gasteiger partial charge in [0.15, 0.2) is 15.2 Å². The van der Waals surface area contributed by atoms with Gasteiger partial charge in [0.2, 0.25) is 3.82 Å². The molecule has 0 heterocycles. The molecule has 0 saturated carbocycles. The summed E-state index contributed by atoms with van der Waals surface area (Å²) in [6.07, 6.45) is 0. The van der Waals surface area contributed by atoms with Crippen LogP contribution in [0.15, 0.2) is 0 Å². The van der Waals surface area contributed by atoms with Crippen LogP contribution in [0.4, 0.5) is 0 Å². The molecule has 0 spiro atoms. The second kappa shape index (κ2) is 5.48. The number of halogens is 2. The summed E-state index contributed by atoms with van der Waals surface area (Å²) in [4.78, 5) is 22.5. The molecule has 0 amide bonds. The molecule has 0 aromatic carbocycles. The van der Waals surface area contributed by atoms with Crippen LogP contribution < -0.4 is 9.79 Å². The molecule has 0 aliphatic heterocycles. The molecule has 0 aliphatic rings. The van der Waals surface area contributed by atoms with Crippen LogP contribution in [0.5, 0.6) is 0 Å². The Balaban J connectivity index is 5.12. The second-order valence-corrected chi connectivity index (χ2v) is 8.92. The molecule has 0 saturated heterocycles. The van der Waals surface area contributed by atoms with Crippen LogP contribution >= 0.6 is 38.4 Å². The Bertz CT molecular complexity index is 278. The first kappa shape index (κ1) is 15.9. The van der Waals surface area contributed by atoms with Crippen LogP contribution in [-0.4, -0.2) is 17.0 Å². The summed E-state index contributed by atoms with van der Waals surface area (Å²) in [7, 11) is -9.93. The summed E-state index contributed by atoms with van der Waals surface area (Å²) in [6.45, 7) is 2.16. The maximum atomic E-state index is 11.3. The van der Waals surface area contributed by atoms with Crippen LogP contribution in [0.25, 0.3) is 0 Å². The van der Waals surface area contributed by atoms with Crippen molar-refractivity contribution in [3.8, 4) is 0 Å². The number of rotatable bonds is 6. The summed E-state index contributed by atoms with van der Waals surface area (Å²) >= 11 is 10.5. The molecular formula is C5H10Cl2O6P2-2. The molecule has 0 aromatic rings. The number of hydrogen-bond acceptors (Lipinski definition) is 6. The van der Waals surface area contributed by atoms with Gasteiger partial charge < -0.3 is 28.0 Å². The second-order valence-electron chi connectivity index (χ2n) is 2.34. The van der Waals surface area contributed by atoms with Crippen molar-refractivity contribution in [2.24, 2.45) is 0 Å². The summed E-state index contributed by atoms with van der Waals surface area (Å²) < 4.78 is 27.8. The zero-order chi connectivity index (χ0) is 12.3. The lowest BCUT2D eigenvalue weighted by molar-refractivity contribution is -0.210. The lowest BCUT2D eigenvalue weighted by Gasteiger charge is -2.41. The van der Waals surface area contributed by atoms with Crippen molar-refractivity contribution in [1.29, 1.82) is 0 Å². The van der Waals surface area contributed by atoms with Gasteiger partial charge in [-0.25, -0.2) is 0 Å². The summed E-state index contributed by atoms with van der Waals surface area (Å²) in [5.41, 5.74) is 0. The van der Waals surface area contributed by atoms with E-state index in [1.807, 2.05) is 0 Å². The van der Waals surface area contributed by atoms with Crippen LogP contribution in [0.3, 0.4) is 0 Å². The van der Waals surface area contributed by atoms with Crippen LogP contribution in [0.1, 0.15) is 13.8 Å². The third kappa shape index (κ3) is 3.42. The van der Waals surface area contributed by atoms with E-state index in [9.17, 15) is 18.9 Å². The molecule has 0 fully saturated rings. The first-order valence-electron chi connectivity index (χ1n) is 3.91. The Morgan fingerprint density at radius 2 is 1.33 bits per heavy atom. The van der Waals surface area contributed by atoms with Gasteiger partial charge in [-0.3, -0.25) is 0 Å².